The van der Waals surface area contributed by atoms with Crippen molar-refractivity contribution in [3.05, 3.63) is 51.2 Å². The quantitative estimate of drug-likeness (QED) is 0.871. The third-order valence-corrected chi connectivity index (χ3v) is 3.75. The smallest absolute Gasteiger partial charge is 0.231 e. The monoisotopic (exact) mass is 357 g/mol. The number of nitrogens with one attached hydrogen (secondary N) is 1. The maximum absolute atomic E-state index is 13.7. The van der Waals surface area contributed by atoms with Crippen molar-refractivity contribution < 1.29 is 13.9 Å². The van der Waals surface area contributed by atoms with Crippen molar-refractivity contribution in [2.45, 2.75) is 6.54 Å². The molecule has 104 valence electrons. The van der Waals surface area contributed by atoms with E-state index < -0.39 is 0 Å². The predicted octanol–water partition coefficient (Wildman–Crippen LogP) is 4.58. The van der Waals surface area contributed by atoms with Gasteiger partial charge in [-0.2, -0.15) is 0 Å². The number of benzene rings is 2. The van der Waals surface area contributed by atoms with Gasteiger partial charge in [0.1, 0.15) is 5.82 Å². The molecule has 1 aliphatic rings. The van der Waals surface area contributed by atoms with Gasteiger partial charge in [0.25, 0.3) is 0 Å². The molecule has 0 bridgehead atoms. The van der Waals surface area contributed by atoms with Gasteiger partial charge in [-0.1, -0.05) is 33.6 Å². The second-order valence-corrected chi connectivity index (χ2v) is 5.60. The summed E-state index contributed by atoms with van der Waals surface area (Å²) < 4.78 is 24.9. The van der Waals surface area contributed by atoms with Crippen LogP contribution < -0.4 is 14.8 Å². The van der Waals surface area contributed by atoms with E-state index in [1.54, 1.807) is 24.3 Å². The van der Waals surface area contributed by atoms with E-state index in [1.807, 2.05) is 0 Å². The zero-order valence-electron chi connectivity index (χ0n) is 10.3. The number of halogens is 3. The lowest BCUT2D eigenvalue weighted by Crippen LogP contribution is -2.02. The molecule has 1 aliphatic heterocycles. The van der Waals surface area contributed by atoms with Crippen LogP contribution in [-0.4, -0.2) is 6.79 Å². The summed E-state index contributed by atoms with van der Waals surface area (Å²) in [5, 5.41) is 3.60. The normalized spacial score (nSPS) is 12.6. The number of anilines is 1. The van der Waals surface area contributed by atoms with E-state index >= 15 is 0 Å². The van der Waals surface area contributed by atoms with Crippen LogP contribution in [0.3, 0.4) is 0 Å². The van der Waals surface area contributed by atoms with E-state index in [2.05, 4.69) is 21.2 Å². The summed E-state index contributed by atoms with van der Waals surface area (Å²) in [5.74, 6) is 0.979. The summed E-state index contributed by atoms with van der Waals surface area (Å²) in [7, 11) is 0. The van der Waals surface area contributed by atoms with Crippen LogP contribution in [-0.2, 0) is 6.54 Å². The maximum atomic E-state index is 13.7. The number of rotatable bonds is 3. The van der Waals surface area contributed by atoms with Gasteiger partial charge in [-0.25, -0.2) is 4.39 Å². The molecule has 0 saturated carbocycles. The molecule has 0 fully saturated rings. The lowest BCUT2D eigenvalue weighted by atomic mass is 10.2. The van der Waals surface area contributed by atoms with Crippen molar-refractivity contribution >= 4 is 33.2 Å². The molecule has 1 N–H and O–H groups in total. The largest absolute Gasteiger partial charge is 0.454 e. The Labute approximate surface area is 128 Å². The highest BCUT2D eigenvalue weighted by molar-refractivity contribution is 9.10. The van der Waals surface area contributed by atoms with Gasteiger partial charge in [0.15, 0.2) is 11.5 Å². The van der Waals surface area contributed by atoms with Crippen molar-refractivity contribution in [3.63, 3.8) is 0 Å². The first-order valence-electron chi connectivity index (χ1n) is 5.90. The Morgan fingerprint density at radius 1 is 1.20 bits per heavy atom. The lowest BCUT2D eigenvalue weighted by molar-refractivity contribution is 0.174. The summed E-state index contributed by atoms with van der Waals surface area (Å²) in [6, 6.07) is 8.37. The second kappa shape index (κ2) is 5.50. The third kappa shape index (κ3) is 2.69. The predicted molar refractivity (Wildman–Crippen MR) is 79.0 cm³/mol. The molecule has 0 spiro atoms. The molecule has 2 aromatic carbocycles. The van der Waals surface area contributed by atoms with Crippen LogP contribution in [0.1, 0.15) is 5.56 Å². The molecule has 0 aliphatic carbocycles. The molecule has 0 amide bonds. The summed E-state index contributed by atoms with van der Waals surface area (Å²) >= 11 is 9.37. The van der Waals surface area contributed by atoms with Crippen molar-refractivity contribution in [2.24, 2.45) is 0 Å². The molecule has 0 aromatic heterocycles. The molecule has 0 radical (unpaired) electrons. The zero-order chi connectivity index (χ0) is 14.1. The van der Waals surface area contributed by atoms with Crippen LogP contribution in [0.15, 0.2) is 34.8 Å². The zero-order valence-corrected chi connectivity index (χ0v) is 12.6. The molecule has 6 heteroatoms. The number of ether oxygens (including phenoxy) is 2. The minimum Gasteiger partial charge on any atom is -0.454 e. The van der Waals surface area contributed by atoms with Gasteiger partial charge in [-0.3, -0.25) is 0 Å². The van der Waals surface area contributed by atoms with Gasteiger partial charge in [0, 0.05) is 28.7 Å². The molecule has 20 heavy (non-hydrogen) atoms. The van der Waals surface area contributed by atoms with Crippen LogP contribution in [0.5, 0.6) is 11.5 Å². The summed E-state index contributed by atoms with van der Waals surface area (Å²) in [6.45, 7) is 0.523. The van der Waals surface area contributed by atoms with E-state index in [4.69, 9.17) is 21.1 Å². The Balaban J connectivity index is 1.78. The number of hydrogen-bond donors (Lipinski definition) is 1. The highest BCUT2D eigenvalue weighted by Crippen LogP contribution is 2.39. The molecular formula is C14H10BrClFNO2. The third-order valence-electron chi connectivity index (χ3n) is 2.95. The van der Waals surface area contributed by atoms with Crippen LogP contribution >= 0.6 is 27.5 Å². The standard InChI is InChI=1S/C14H10BrClFNO2/c15-9-2-1-8(11(17)3-9)6-18-12-5-14-13(4-10(12)16)19-7-20-14/h1-5,18H,6-7H2. The Morgan fingerprint density at radius 3 is 2.70 bits per heavy atom. The Kier molecular flexibility index (Phi) is 3.72. The average molecular weight is 359 g/mol. The molecule has 2 aromatic rings. The van der Waals surface area contributed by atoms with Gasteiger partial charge in [-0.05, 0) is 12.1 Å². The van der Waals surface area contributed by atoms with Gasteiger partial charge in [0.05, 0.1) is 10.7 Å². The van der Waals surface area contributed by atoms with E-state index in [0.717, 1.165) is 0 Å². The van der Waals surface area contributed by atoms with Crippen molar-refractivity contribution in [1.82, 2.24) is 0 Å². The minimum atomic E-state index is -0.274. The van der Waals surface area contributed by atoms with Crippen LogP contribution in [0.2, 0.25) is 5.02 Å². The molecule has 3 nitrogen and oxygen atoms in total. The first-order valence-corrected chi connectivity index (χ1v) is 7.07. The molecule has 3 rings (SSSR count). The summed E-state index contributed by atoms with van der Waals surface area (Å²) in [6.07, 6.45) is 0. The van der Waals surface area contributed by atoms with Crippen molar-refractivity contribution in [3.8, 4) is 11.5 Å². The van der Waals surface area contributed by atoms with E-state index in [9.17, 15) is 4.39 Å². The number of hydrogen-bond acceptors (Lipinski definition) is 3. The Hall–Kier alpha value is -1.46. The van der Waals surface area contributed by atoms with Gasteiger partial charge >= 0.3 is 0 Å². The van der Waals surface area contributed by atoms with Crippen molar-refractivity contribution in [2.75, 3.05) is 12.1 Å². The van der Waals surface area contributed by atoms with E-state index in [0.29, 0.717) is 38.8 Å². The summed E-state index contributed by atoms with van der Waals surface area (Å²) in [4.78, 5) is 0. The average Bonchev–Trinajstić information content (AvgIpc) is 2.84. The van der Waals surface area contributed by atoms with E-state index in [1.165, 1.54) is 6.07 Å². The topological polar surface area (TPSA) is 30.5 Å². The Bertz CT molecular complexity index is 666. The second-order valence-electron chi connectivity index (χ2n) is 4.27. The first-order chi connectivity index (χ1) is 9.63. The van der Waals surface area contributed by atoms with Gasteiger partial charge in [-0.15, -0.1) is 0 Å². The maximum Gasteiger partial charge on any atom is 0.231 e. The van der Waals surface area contributed by atoms with Crippen LogP contribution in [0.25, 0.3) is 0 Å². The Morgan fingerprint density at radius 2 is 1.95 bits per heavy atom. The first kappa shape index (κ1) is 13.5. The molecule has 1 heterocycles. The molecule has 0 atom stereocenters. The van der Waals surface area contributed by atoms with Gasteiger partial charge < -0.3 is 14.8 Å². The molecule has 0 saturated heterocycles. The van der Waals surface area contributed by atoms with E-state index in [-0.39, 0.29) is 12.6 Å². The SMILES string of the molecule is Fc1cc(Br)ccc1CNc1cc2c(cc1Cl)OCO2. The lowest BCUT2D eigenvalue weighted by Gasteiger charge is -2.10. The fourth-order valence-corrected chi connectivity index (χ4v) is 2.46. The highest BCUT2D eigenvalue weighted by atomic mass is 79.9. The highest BCUT2D eigenvalue weighted by Gasteiger charge is 2.16. The minimum absolute atomic E-state index is 0.191. The molecule has 0 unspecified atom stereocenters. The van der Waals surface area contributed by atoms with Crippen LogP contribution in [0.4, 0.5) is 10.1 Å². The molecular weight excluding hydrogens is 349 g/mol. The van der Waals surface area contributed by atoms with Crippen LogP contribution in [0, 0.1) is 5.82 Å². The number of fused-ring (bicyclic) bond motifs is 1. The summed E-state index contributed by atoms with van der Waals surface area (Å²) in [5.41, 5.74) is 1.24. The fraction of sp³-hybridized carbons (Fsp3) is 0.143. The van der Waals surface area contributed by atoms with Gasteiger partial charge in [0.2, 0.25) is 6.79 Å². The van der Waals surface area contributed by atoms with Crippen molar-refractivity contribution in [1.29, 1.82) is 0 Å². The fourth-order valence-electron chi connectivity index (χ4n) is 1.91.